The van der Waals surface area contributed by atoms with E-state index < -0.39 is 5.60 Å². The monoisotopic (exact) mass is 372 g/mol. The number of piperidine rings is 1. The van der Waals surface area contributed by atoms with E-state index in [9.17, 15) is 5.11 Å². The van der Waals surface area contributed by atoms with Crippen LogP contribution in [0.15, 0.2) is 91.0 Å². The first-order chi connectivity index (χ1) is 13.7. The van der Waals surface area contributed by atoms with Gasteiger partial charge >= 0.3 is 0 Å². The lowest BCUT2D eigenvalue weighted by Crippen LogP contribution is -2.91. The molecule has 0 bridgehead atoms. The van der Waals surface area contributed by atoms with Gasteiger partial charge in [-0.05, 0) is 12.0 Å². The molecule has 2 nitrogen and oxygen atoms in total. The molecule has 1 fully saturated rings. The zero-order chi connectivity index (χ0) is 19.4. The van der Waals surface area contributed by atoms with Gasteiger partial charge in [0.1, 0.15) is 12.1 Å². The van der Waals surface area contributed by atoms with Crippen molar-refractivity contribution < 1.29 is 10.4 Å². The molecule has 1 heterocycles. The molecule has 28 heavy (non-hydrogen) atoms. The quantitative estimate of drug-likeness (QED) is 0.683. The van der Waals surface area contributed by atoms with Crippen molar-refractivity contribution in [1.29, 1.82) is 0 Å². The summed E-state index contributed by atoms with van der Waals surface area (Å²) in [6.07, 6.45) is 2.43. The average molecular weight is 373 g/mol. The Balaban J connectivity index is 1.73. The van der Waals surface area contributed by atoms with E-state index in [1.807, 2.05) is 6.07 Å². The highest BCUT2D eigenvalue weighted by atomic mass is 16.3. The van der Waals surface area contributed by atoms with E-state index in [1.54, 1.807) is 0 Å². The highest BCUT2D eigenvalue weighted by Gasteiger charge is 2.50. The lowest BCUT2D eigenvalue weighted by Gasteiger charge is -2.46. The Hall–Kier alpha value is -2.42. The van der Waals surface area contributed by atoms with Gasteiger partial charge in [-0.25, -0.2) is 0 Å². The zero-order valence-electron chi connectivity index (χ0n) is 16.5. The van der Waals surface area contributed by atoms with Crippen LogP contribution in [-0.4, -0.2) is 10.7 Å². The Labute approximate surface area is 168 Å². The Bertz CT molecular complexity index is 865. The van der Waals surface area contributed by atoms with Crippen LogP contribution in [-0.2, 0) is 6.42 Å². The summed E-state index contributed by atoms with van der Waals surface area (Å²) < 4.78 is 0. The normalized spacial score (nSPS) is 27.4. The van der Waals surface area contributed by atoms with Gasteiger partial charge in [0.05, 0.1) is 5.60 Å². The second kappa shape index (κ2) is 8.30. The topological polar surface area (TPSA) is 36.8 Å². The molecule has 1 saturated heterocycles. The Morgan fingerprint density at radius 3 is 1.93 bits per heavy atom. The molecule has 3 aromatic carbocycles. The van der Waals surface area contributed by atoms with Gasteiger partial charge in [0, 0.05) is 29.9 Å². The van der Waals surface area contributed by atoms with Crippen LogP contribution in [0.4, 0.5) is 0 Å². The van der Waals surface area contributed by atoms with Gasteiger partial charge in [-0.15, -0.1) is 0 Å². The van der Waals surface area contributed by atoms with Gasteiger partial charge in [0.15, 0.2) is 0 Å². The first-order valence-corrected chi connectivity index (χ1v) is 10.4. The maximum atomic E-state index is 12.0. The molecule has 0 saturated carbocycles. The minimum Gasteiger partial charge on any atom is -0.389 e. The lowest BCUT2D eigenvalue weighted by atomic mass is 9.67. The van der Waals surface area contributed by atoms with Crippen molar-refractivity contribution >= 4 is 0 Å². The average Bonchev–Trinajstić information content (AvgIpc) is 2.75. The van der Waals surface area contributed by atoms with E-state index in [4.69, 9.17) is 0 Å². The highest BCUT2D eigenvalue weighted by Crippen LogP contribution is 2.42. The molecule has 144 valence electrons. The van der Waals surface area contributed by atoms with Crippen LogP contribution in [0.2, 0.25) is 0 Å². The second-order valence-electron chi connectivity index (χ2n) is 8.13. The maximum Gasteiger partial charge on any atom is 0.118 e. The smallest absolute Gasteiger partial charge is 0.118 e. The van der Waals surface area contributed by atoms with E-state index >= 15 is 0 Å². The fourth-order valence-corrected chi connectivity index (χ4v) is 5.05. The van der Waals surface area contributed by atoms with Crippen molar-refractivity contribution in [3.63, 3.8) is 0 Å². The Morgan fingerprint density at radius 2 is 1.36 bits per heavy atom. The summed E-state index contributed by atoms with van der Waals surface area (Å²) in [6, 6.07) is 32.3. The summed E-state index contributed by atoms with van der Waals surface area (Å²) in [5, 5.41) is 14.5. The molecule has 0 spiro atoms. The number of benzene rings is 3. The van der Waals surface area contributed by atoms with Crippen LogP contribution in [0.3, 0.4) is 0 Å². The summed E-state index contributed by atoms with van der Waals surface area (Å²) in [4.78, 5) is 0. The fraction of sp³-hybridized carbons (Fsp3) is 0.308. The predicted molar refractivity (Wildman–Crippen MR) is 114 cm³/mol. The first kappa shape index (κ1) is 18.9. The first-order valence-electron chi connectivity index (χ1n) is 10.4. The van der Waals surface area contributed by atoms with Crippen molar-refractivity contribution in [2.24, 2.45) is 5.92 Å². The largest absolute Gasteiger partial charge is 0.389 e. The molecule has 1 aliphatic heterocycles. The maximum absolute atomic E-state index is 12.0. The minimum absolute atomic E-state index is 0.204. The van der Waals surface area contributed by atoms with Crippen molar-refractivity contribution in [3.05, 3.63) is 108 Å². The lowest BCUT2D eigenvalue weighted by molar-refractivity contribution is -0.757. The van der Waals surface area contributed by atoms with E-state index in [0.29, 0.717) is 6.42 Å². The number of quaternary nitrogens is 1. The molecular weight excluding hydrogens is 342 g/mol. The molecule has 1 aliphatic rings. The number of nitrogens with two attached hydrogens (primary N) is 1. The van der Waals surface area contributed by atoms with Crippen molar-refractivity contribution in [3.8, 4) is 0 Å². The van der Waals surface area contributed by atoms with E-state index in [2.05, 4.69) is 97.2 Å². The molecule has 0 unspecified atom stereocenters. The van der Waals surface area contributed by atoms with Crippen LogP contribution >= 0.6 is 0 Å². The standard InChI is InChI=1S/C26H29NO/c1-2-23-25(22-16-10-5-11-17-22)27-24(21-14-8-4-9-15-21)19-26(23,28)18-20-12-6-3-7-13-20/h3-17,23-25,27-28H,2,18-19H2,1H3/p+1/t23-,24+,25+,26-/m1/s1. The SMILES string of the molecule is CC[C@@H]1[C@H](c2ccccc2)[NH2+][C@H](c2ccccc2)C[C@]1(O)Cc1ccccc1. The van der Waals surface area contributed by atoms with E-state index in [-0.39, 0.29) is 18.0 Å². The van der Waals surface area contributed by atoms with Crippen LogP contribution < -0.4 is 5.32 Å². The predicted octanol–water partition coefficient (Wildman–Crippen LogP) is 4.44. The molecule has 0 aliphatic carbocycles. The number of rotatable bonds is 5. The zero-order valence-corrected chi connectivity index (χ0v) is 16.5. The molecule has 0 aromatic heterocycles. The third-order valence-electron chi connectivity index (χ3n) is 6.34. The number of hydrogen-bond acceptors (Lipinski definition) is 1. The van der Waals surface area contributed by atoms with Gasteiger partial charge in [0.25, 0.3) is 0 Å². The molecular formula is C26H30NO+. The minimum atomic E-state index is -0.730. The molecule has 4 rings (SSSR count). The van der Waals surface area contributed by atoms with Crippen LogP contribution in [0.25, 0.3) is 0 Å². The van der Waals surface area contributed by atoms with Crippen molar-refractivity contribution in [2.75, 3.05) is 0 Å². The van der Waals surface area contributed by atoms with Gasteiger partial charge in [0.2, 0.25) is 0 Å². The van der Waals surface area contributed by atoms with Gasteiger partial charge in [-0.3, -0.25) is 0 Å². The summed E-state index contributed by atoms with van der Waals surface area (Å²) in [5.41, 5.74) is 3.08. The number of hydrogen-bond donors (Lipinski definition) is 2. The van der Waals surface area contributed by atoms with Crippen LogP contribution in [0, 0.1) is 5.92 Å². The van der Waals surface area contributed by atoms with E-state index in [1.165, 1.54) is 16.7 Å². The van der Waals surface area contributed by atoms with Gasteiger partial charge < -0.3 is 10.4 Å². The molecule has 0 amide bonds. The summed E-state index contributed by atoms with van der Waals surface area (Å²) >= 11 is 0. The molecule has 0 radical (unpaired) electrons. The van der Waals surface area contributed by atoms with Crippen molar-refractivity contribution in [1.82, 2.24) is 0 Å². The van der Waals surface area contributed by atoms with Crippen LogP contribution in [0.5, 0.6) is 0 Å². The van der Waals surface area contributed by atoms with Gasteiger partial charge in [-0.1, -0.05) is 97.9 Å². The van der Waals surface area contributed by atoms with E-state index in [0.717, 1.165) is 12.8 Å². The second-order valence-corrected chi connectivity index (χ2v) is 8.13. The summed E-state index contributed by atoms with van der Waals surface area (Å²) in [6.45, 7) is 2.22. The Morgan fingerprint density at radius 1 is 0.821 bits per heavy atom. The van der Waals surface area contributed by atoms with Gasteiger partial charge in [-0.2, -0.15) is 0 Å². The highest BCUT2D eigenvalue weighted by molar-refractivity contribution is 5.25. The summed E-state index contributed by atoms with van der Waals surface area (Å²) in [5.74, 6) is 0.204. The molecule has 4 atom stereocenters. The third kappa shape index (κ3) is 3.89. The third-order valence-corrected chi connectivity index (χ3v) is 6.34. The summed E-state index contributed by atoms with van der Waals surface area (Å²) in [7, 11) is 0. The number of aliphatic hydroxyl groups is 1. The Kier molecular flexibility index (Phi) is 5.61. The van der Waals surface area contributed by atoms with Crippen LogP contribution in [0.1, 0.15) is 48.5 Å². The molecule has 2 heteroatoms. The fourth-order valence-electron chi connectivity index (χ4n) is 5.05. The molecule has 3 N–H and O–H groups in total. The van der Waals surface area contributed by atoms with Crippen molar-refractivity contribution in [2.45, 2.75) is 43.9 Å². The molecule has 3 aromatic rings.